The molecule has 7 heteroatoms. The van der Waals surface area contributed by atoms with Crippen LogP contribution in [0.4, 0.5) is 0 Å². The van der Waals surface area contributed by atoms with E-state index in [1.54, 1.807) is 0 Å². The van der Waals surface area contributed by atoms with Crippen LogP contribution in [0, 0.1) is 12.2 Å². The van der Waals surface area contributed by atoms with Crippen LogP contribution in [0.15, 0.2) is 0 Å². The Bertz CT molecular complexity index is 313. The number of ether oxygens (including phenoxy) is 7. The van der Waals surface area contributed by atoms with Crippen molar-refractivity contribution in [3.8, 4) is 12.2 Å². The van der Waals surface area contributed by atoms with Crippen molar-refractivity contribution in [2.75, 3.05) is 72.7 Å². The zero-order valence-electron chi connectivity index (χ0n) is 13.9. The molecule has 0 fully saturated rings. The molecule has 0 saturated heterocycles. The van der Waals surface area contributed by atoms with Crippen LogP contribution in [-0.2, 0) is 33.2 Å². The fraction of sp³-hybridized carbons (Fsp3) is 0.875. The van der Waals surface area contributed by atoms with Crippen molar-refractivity contribution in [2.24, 2.45) is 0 Å². The summed E-state index contributed by atoms with van der Waals surface area (Å²) in [4.78, 5) is 0. The molecule has 0 N–H and O–H groups in total. The Morgan fingerprint density at radius 3 is 2.13 bits per heavy atom. The molecule has 0 aromatic heterocycles. The van der Waals surface area contributed by atoms with E-state index in [4.69, 9.17) is 33.2 Å². The third kappa shape index (κ3) is 13.1. The Hall–Kier alpha value is -1.04. The van der Waals surface area contributed by atoms with Crippen LogP contribution in [0.3, 0.4) is 0 Å². The fourth-order valence-corrected chi connectivity index (χ4v) is 1.66. The number of hydrogen-bond acceptors (Lipinski definition) is 7. The SMILES string of the molecule is CCCOCC1COC#COCCOCCOCCOCCO1. The van der Waals surface area contributed by atoms with Gasteiger partial charge in [-0.15, -0.1) is 0 Å². The monoisotopic (exact) mass is 332 g/mol. The quantitative estimate of drug-likeness (QED) is 0.558. The fourth-order valence-electron chi connectivity index (χ4n) is 1.66. The molecule has 0 aromatic carbocycles. The van der Waals surface area contributed by atoms with Gasteiger partial charge in [0.1, 0.15) is 19.3 Å². The lowest BCUT2D eigenvalue weighted by Crippen LogP contribution is -2.27. The summed E-state index contributed by atoms with van der Waals surface area (Å²) in [5.74, 6) is 0. The predicted octanol–water partition coefficient (Wildman–Crippen LogP) is 0.813. The zero-order chi connectivity index (χ0) is 16.4. The lowest BCUT2D eigenvalue weighted by Gasteiger charge is -2.17. The second-order valence-electron chi connectivity index (χ2n) is 4.77. The Morgan fingerprint density at radius 2 is 1.43 bits per heavy atom. The van der Waals surface area contributed by atoms with Crippen LogP contribution in [0.1, 0.15) is 13.3 Å². The highest BCUT2D eigenvalue weighted by Crippen LogP contribution is 1.97. The normalized spacial score (nSPS) is 22.6. The molecular formula is C16H28O7. The molecule has 0 saturated carbocycles. The minimum atomic E-state index is -0.182. The van der Waals surface area contributed by atoms with Gasteiger partial charge >= 0.3 is 0 Å². The first-order chi connectivity index (χ1) is 11.4. The van der Waals surface area contributed by atoms with E-state index in [0.29, 0.717) is 72.7 Å². The molecule has 1 atom stereocenters. The van der Waals surface area contributed by atoms with Crippen molar-refractivity contribution in [2.45, 2.75) is 19.4 Å². The predicted molar refractivity (Wildman–Crippen MR) is 83.0 cm³/mol. The molecule has 0 aliphatic carbocycles. The van der Waals surface area contributed by atoms with Crippen LogP contribution >= 0.6 is 0 Å². The van der Waals surface area contributed by atoms with Gasteiger partial charge in [-0.25, -0.2) is 0 Å². The average Bonchev–Trinajstić information content (AvgIpc) is 2.56. The Morgan fingerprint density at radius 1 is 0.826 bits per heavy atom. The highest BCUT2D eigenvalue weighted by Gasteiger charge is 2.10. The van der Waals surface area contributed by atoms with Crippen LogP contribution < -0.4 is 0 Å². The molecule has 1 aliphatic heterocycles. The topological polar surface area (TPSA) is 64.6 Å². The minimum absolute atomic E-state index is 0.182. The van der Waals surface area contributed by atoms with E-state index in [9.17, 15) is 0 Å². The summed E-state index contributed by atoms with van der Waals surface area (Å²) in [6.07, 6.45) is 5.75. The first-order valence-electron chi connectivity index (χ1n) is 8.09. The molecule has 0 aromatic rings. The Kier molecular flexibility index (Phi) is 13.8. The van der Waals surface area contributed by atoms with Gasteiger partial charge in [0.25, 0.3) is 0 Å². The van der Waals surface area contributed by atoms with Crippen molar-refractivity contribution >= 4 is 0 Å². The van der Waals surface area contributed by atoms with Crippen LogP contribution in [0.2, 0.25) is 0 Å². The number of hydrogen-bond donors (Lipinski definition) is 0. The maximum atomic E-state index is 5.69. The highest BCUT2D eigenvalue weighted by molar-refractivity contribution is 4.81. The molecule has 23 heavy (non-hydrogen) atoms. The first-order valence-corrected chi connectivity index (χ1v) is 8.09. The van der Waals surface area contributed by atoms with Crippen LogP contribution in [0.5, 0.6) is 0 Å². The summed E-state index contributed by atoms with van der Waals surface area (Å²) in [5, 5.41) is 0. The van der Waals surface area contributed by atoms with E-state index >= 15 is 0 Å². The van der Waals surface area contributed by atoms with Crippen molar-refractivity contribution in [3.05, 3.63) is 0 Å². The zero-order valence-corrected chi connectivity index (χ0v) is 13.9. The van der Waals surface area contributed by atoms with Gasteiger partial charge in [-0.2, -0.15) is 0 Å². The first kappa shape index (κ1) is 20.0. The van der Waals surface area contributed by atoms with E-state index in [1.165, 1.54) is 0 Å². The summed E-state index contributed by atoms with van der Waals surface area (Å²) in [5.41, 5.74) is 0. The highest BCUT2D eigenvalue weighted by atomic mass is 16.6. The van der Waals surface area contributed by atoms with Crippen molar-refractivity contribution < 1.29 is 33.2 Å². The molecule has 1 heterocycles. The molecule has 1 aliphatic rings. The van der Waals surface area contributed by atoms with Gasteiger partial charge in [0.05, 0.1) is 52.9 Å². The van der Waals surface area contributed by atoms with Gasteiger partial charge in [0.2, 0.25) is 0 Å². The molecule has 0 bridgehead atoms. The van der Waals surface area contributed by atoms with Gasteiger partial charge in [0.15, 0.2) is 12.2 Å². The molecule has 0 radical (unpaired) electrons. The Labute approximate surface area is 138 Å². The summed E-state index contributed by atoms with van der Waals surface area (Å²) in [6.45, 7) is 7.49. The summed E-state index contributed by atoms with van der Waals surface area (Å²) >= 11 is 0. The molecule has 0 amide bonds. The third-order valence-electron chi connectivity index (χ3n) is 2.76. The van der Waals surface area contributed by atoms with E-state index < -0.39 is 0 Å². The average molecular weight is 332 g/mol. The lowest BCUT2D eigenvalue weighted by atomic mass is 10.4. The van der Waals surface area contributed by atoms with Gasteiger partial charge in [-0.05, 0) is 6.42 Å². The van der Waals surface area contributed by atoms with E-state index in [0.717, 1.165) is 6.42 Å². The molecule has 134 valence electrons. The largest absolute Gasteiger partial charge is 0.442 e. The molecule has 0 spiro atoms. The summed E-state index contributed by atoms with van der Waals surface area (Å²) in [6, 6.07) is 0. The van der Waals surface area contributed by atoms with Crippen LogP contribution in [-0.4, -0.2) is 78.8 Å². The standard InChI is InChI=1S/C16H28O7/c1-2-3-21-14-16-15-22-11-10-19-7-6-17-4-5-18-8-9-20-12-13-23-16/h16H,2-9,12-15H2,1H3. The lowest BCUT2D eigenvalue weighted by molar-refractivity contribution is -0.0639. The van der Waals surface area contributed by atoms with Crippen molar-refractivity contribution in [1.29, 1.82) is 0 Å². The van der Waals surface area contributed by atoms with Gasteiger partial charge < -0.3 is 33.2 Å². The van der Waals surface area contributed by atoms with Crippen LogP contribution in [0.25, 0.3) is 0 Å². The van der Waals surface area contributed by atoms with Gasteiger partial charge in [-0.1, -0.05) is 6.92 Å². The minimum Gasteiger partial charge on any atom is -0.442 e. The molecule has 1 rings (SSSR count). The van der Waals surface area contributed by atoms with E-state index in [2.05, 4.69) is 19.1 Å². The molecular weight excluding hydrogens is 304 g/mol. The third-order valence-corrected chi connectivity index (χ3v) is 2.76. The molecule has 1 unspecified atom stereocenters. The Balaban J connectivity index is 2.30. The van der Waals surface area contributed by atoms with Crippen molar-refractivity contribution in [3.63, 3.8) is 0 Å². The van der Waals surface area contributed by atoms with E-state index in [-0.39, 0.29) is 6.10 Å². The second kappa shape index (κ2) is 15.8. The smallest absolute Gasteiger partial charge is 0.155 e. The maximum Gasteiger partial charge on any atom is 0.155 e. The number of rotatable bonds is 4. The maximum absolute atomic E-state index is 5.69. The molecule has 7 nitrogen and oxygen atoms in total. The summed E-state index contributed by atoms with van der Waals surface area (Å²) < 4.78 is 37.6. The van der Waals surface area contributed by atoms with Gasteiger partial charge in [-0.3, -0.25) is 0 Å². The van der Waals surface area contributed by atoms with Crippen molar-refractivity contribution in [1.82, 2.24) is 0 Å². The second-order valence-corrected chi connectivity index (χ2v) is 4.77. The van der Waals surface area contributed by atoms with E-state index in [1.807, 2.05) is 0 Å². The van der Waals surface area contributed by atoms with Gasteiger partial charge in [0, 0.05) is 6.61 Å². The summed E-state index contributed by atoms with van der Waals surface area (Å²) in [7, 11) is 0.